The Morgan fingerprint density at radius 3 is 2.49 bits per heavy atom. The van der Waals surface area contributed by atoms with Gasteiger partial charge in [0.05, 0.1) is 41.1 Å². The number of aromatic nitrogens is 1. The monoisotopic (exact) mass is 552 g/mol. The number of alkyl halides is 3. The molecule has 2 aromatic carbocycles. The number of nitrogens with zero attached hydrogens (tertiary/aromatic N) is 3. The molecule has 1 fully saturated rings. The molecule has 6 nitrogen and oxygen atoms in total. The quantitative estimate of drug-likeness (QED) is 0.381. The first-order chi connectivity index (χ1) is 17.7. The van der Waals surface area contributed by atoms with Gasteiger partial charge in [-0.3, -0.25) is 4.98 Å². The zero-order valence-electron chi connectivity index (χ0n) is 19.8. The summed E-state index contributed by atoms with van der Waals surface area (Å²) in [6.45, 7) is 1.97. The number of anilines is 1. The molecule has 0 aliphatic carbocycles. The lowest BCUT2D eigenvalue weighted by molar-refractivity contribution is -0.138. The van der Waals surface area contributed by atoms with E-state index in [0.717, 1.165) is 6.07 Å². The molecule has 0 radical (unpaired) electrons. The van der Waals surface area contributed by atoms with Gasteiger partial charge < -0.3 is 19.9 Å². The van der Waals surface area contributed by atoms with Crippen LogP contribution < -0.4 is 10.2 Å². The van der Waals surface area contributed by atoms with E-state index in [9.17, 15) is 18.0 Å². The van der Waals surface area contributed by atoms with Crippen LogP contribution in [0.5, 0.6) is 0 Å². The minimum atomic E-state index is -4.57. The number of carbonyl (C=O) groups excluding carboxylic acids is 1. The van der Waals surface area contributed by atoms with Crippen LogP contribution in [0.15, 0.2) is 60.8 Å². The van der Waals surface area contributed by atoms with Crippen LogP contribution in [0.2, 0.25) is 10.0 Å². The molecule has 0 atom stereocenters. The predicted octanol–water partition coefficient (Wildman–Crippen LogP) is 6.16. The van der Waals surface area contributed by atoms with E-state index in [4.69, 9.17) is 27.9 Å². The maximum absolute atomic E-state index is 13.9. The first-order valence-corrected chi connectivity index (χ1v) is 12.4. The Morgan fingerprint density at radius 1 is 1.03 bits per heavy atom. The molecular formula is C26H25Cl2F3N4O2. The van der Waals surface area contributed by atoms with Gasteiger partial charge >= 0.3 is 12.2 Å². The second-order valence-corrected chi connectivity index (χ2v) is 9.34. The van der Waals surface area contributed by atoms with Gasteiger partial charge in [0, 0.05) is 38.1 Å². The number of morpholine rings is 1. The van der Waals surface area contributed by atoms with Crippen molar-refractivity contribution in [3.05, 3.63) is 93.2 Å². The van der Waals surface area contributed by atoms with Crippen molar-refractivity contribution in [2.45, 2.75) is 25.8 Å². The van der Waals surface area contributed by atoms with Crippen molar-refractivity contribution in [1.82, 2.24) is 15.2 Å². The molecule has 11 heteroatoms. The van der Waals surface area contributed by atoms with Crippen LogP contribution in [-0.2, 0) is 30.5 Å². The van der Waals surface area contributed by atoms with Crippen molar-refractivity contribution in [3.63, 3.8) is 0 Å². The van der Waals surface area contributed by atoms with Crippen molar-refractivity contribution in [2.75, 3.05) is 31.2 Å². The Kier molecular flexibility index (Phi) is 8.79. The number of hydrogen-bond donors (Lipinski definition) is 1. The molecule has 1 aliphatic rings. The van der Waals surface area contributed by atoms with Gasteiger partial charge in [-0.05, 0) is 47.5 Å². The SMILES string of the molecule is O=C(NCc1ccc(N2CCOCC2)cc1C(F)(F)F)N(Cc1ccc(Cl)c(Cl)c1)Cc1ccccn1. The fourth-order valence-electron chi connectivity index (χ4n) is 4.03. The number of hydrogen-bond acceptors (Lipinski definition) is 4. The summed E-state index contributed by atoms with van der Waals surface area (Å²) < 4.78 is 47.1. The molecule has 3 aromatic rings. The Morgan fingerprint density at radius 2 is 1.81 bits per heavy atom. The van der Waals surface area contributed by atoms with Crippen molar-refractivity contribution < 1.29 is 22.7 Å². The smallest absolute Gasteiger partial charge is 0.378 e. The zero-order valence-corrected chi connectivity index (χ0v) is 21.3. The zero-order chi connectivity index (χ0) is 26.4. The van der Waals surface area contributed by atoms with Gasteiger partial charge in [-0.2, -0.15) is 13.2 Å². The predicted molar refractivity (Wildman–Crippen MR) is 137 cm³/mol. The molecule has 0 saturated carbocycles. The number of pyridine rings is 1. The van der Waals surface area contributed by atoms with Gasteiger partial charge in [0.1, 0.15) is 0 Å². The fraction of sp³-hybridized carbons (Fsp3) is 0.308. The molecule has 1 N–H and O–H groups in total. The highest BCUT2D eigenvalue weighted by atomic mass is 35.5. The average Bonchev–Trinajstić information content (AvgIpc) is 2.89. The number of amides is 2. The summed E-state index contributed by atoms with van der Waals surface area (Å²) in [5.41, 5.74) is 1.01. The van der Waals surface area contributed by atoms with Crippen LogP contribution in [0.3, 0.4) is 0 Å². The lowest BCUT2D eigenvalue weighted by Crippen LogP contribution is -2.39. The highest BCUT2D eigenvalue weighted by Crippen LogP contribution is 2.35. The number of carbonyl (C=O) groups is 1. The van der Waals surface area contributed by atoms with Crippen molar-refractivity contribution in [2.24, 2.45) is 0 Å². The Labute approximate surface area is 222 Å². The first-order valence-electron chi connectivity index (χ1n) is 11.6. The molecule has 1 aromatic heterocycles. The third-order valence-corrected chi connectivity index (χ3v) is 6.67. The van der Waals surface area contributed by atoms with Crippen LogP contribution in [-0.4, -0.2) is 42.2 Å². The van der Waals surface area contributed by atoms with Crippen LogP contribution in [0.1, 0.15) is 22.4 Å². The van der Waals surface area contributed by atoms with Gasteiger partial charge in [0.15, 0.2) is 0 Å². The van der Waals surface area contributed by atoms with Gasteiger partial charge in [-0.1, -0.05) is 41.4 Å². The number of halogens is 5. The number of ether oxygens (including phenoxy) is 1. The lowest BCUT2D eigenvalue weighted by Gasteiger charge is -2.30. The minimum Gasteiger partial charge on any atom is -0.378 e. The van der Waals surface area contributed by atoms with Crippen molar-refractivity contribution in [1.29, 1.82) is 0 Å². The number of nitrogens with one attached hydrogen (secondary N) is 1. The number of urea groups is 1. The summed E-state index contributed by atoms with van der Waals surface area (Å²) in [6.07, 6.45) is -2.97. The minimum absolute atomic E-state index is 0.0230. The molecule has 1 aliphatic heterocycles. The van der Waals surface area contributed by atoms with E-state index in [-0.39, 0.29) is 25.2 Å². The van der Waals surface area contributed by atoms with Crippen LogP contribution >= 0.6 is 23.2 Å². The van der Waals surface area contributed by atoms with Crippen LogP contribution in [0.25, 0.3) is 0 Å². The second kappa shape index (κ2) is 12.0. The van der Waals surface area contributed by atoms with E-state index in [1.807, 2.05) is 4.90 Å². The number of benzene rings is 2. The van der Waals surface area contributed by atoms with Gasteiger partial charge in [0.25, 0.3) is 0 Å². The van der Waals surface area contributed by atoms with Gasteiger partial charge in [0.2, 0.25) is 0 Å². The summed E-state index contributed by atoms with van der Waals surface area (Å²) in [7, 11) is 0. The highest BCUT2D eigenvalue weighted by molar-refractivity contribution is 6.42. The van der Waals surface area contributed by atoms with E-state index in [0.29, 0.717) is 53.3 Å². The van der Waals surface area contributed by atoms with Crippen molar-refractivity contribution in [3.8, 4) is 0 Å². The van der Waals surface area contributed by atoms with Gasteiger partial charge in [-0.15, -0.1) is 0 Å². The fourth-order valence-corrected chi connectivity index (χ4v) is 4.35. The third-order valence-electron chi connectivity index (χ3n) is 5.93. The molecule has 4 rings (SSSR count). The first kappa shape index (κ1) is 27.0. The Hall–Kier alpha value is -3.01. The standard InChI is InChI=1S/C26H25Cl2F3N4O2/c27-23-7-4-18(13-24(23)28)16-35(17-20-3-1-2-8-32-20)25(36)33-15-19-5-6-21(14-22(19)26(29,30)31)34-9-11-37-12-10-34/h1-8,13-14H,9-12,15-17H2,(H,33,36). The second-order valence-electron chi connectivity index (χ2n) is 8.52. The normalized spacial score (nSPS) is 13.9. The molecule has 0 unspecified atom stereocenters. The topological polar surface area (TPSA) is 57.7 Å². The third kappa shape index (κ3) is 7.28. The van der Waals surface area contributed by atoms with E-state index < -0.39 is 17.8 Å². The van der Waals surface area contributed by atoms with E-state index in [2.05, 4.69) is 10.3 Å². The molecule has 0 bridgehead atoms. The van der Waals surface area contributed by atoms with E-state index in [1.54, 1.807) is 48.7 Å². The van der Waals surface area contributed by atoms with Crippen LogP contribution in [0.4, 0.5) is 23.7 Å². The molecule has 1 saturated heterocycles. The summed E-state index contributed by atoms with van der Waals surface area (Å²) in [5, 5.41) is 3.36. The molecule has 2 heterocycles. The average molecular weight is 553 g/mol. The maximum atomic E-state index is 13.9. The molecule has 37 heavy (non-hydrogen) atoms. The van der Waals surface area contributed by atoms with Gasteiger partial charge in [-0.25, -0.2) is 4.79 Å². The maximum Gasteiger partial charge on any atom is 0.416 e. The van der Waals surface area contributed by atoms with E-state index in [1.165, 1.54) is 11.0 Å². The van der Waals surface area contributed by atoms with Crippen LogP contribution in [0, 0.1) is 0 Å². The number of rotatable bonds is 7. The summed E-state index contributed by atoms with van der Waals surface area (Å²) in [6, 6.07) is 14.0. The highest BCUT2D eigenvalue weighted by Gasteiger charge is 2.34. The van der Waals surface area contributed by atoms with Crippen molar-refractivity contribution >= 4 is 34.9 Å². The molecule has 0 spiro atoms. The Balaban J connectivity index is 1.52. The molecular weight excluding hydrogens is 528 g/mol. The lowest BCUT2D eigenvalue weighted by atomic mass is 10.0. The van der Waals surface area contributed by atoms with E-state index >= 15 is 0 Å². The largest absolute Gasteiger partial charge is 0.416 e. The molecule has 2 amide bonds. The summed E-state index contributed by atoms with van der Waals surface area (Å²) in [5.74, 6) is 0. The summed E-state index contributed by atoms with van der Waals surface area (Å²) in [4.78, 5) is 20.7. The molecule has 196 valence electrons. The summed E-state index contributed by atoms with van der Waals surface area (Å²) >= 11 is 12.1. The Bertz CT molecular complexity index is 1220.